The molecule has 1 aromatic heterocycles. The van der Waals surface area contributed by atoms with Crippen molar-refractivity contribution in [1.29, 1.82) is 0 Å². The van der Waals surface area contributed by atoms with Crippen LogP contribution in [0.25, 0.3) is 10.9 Å². The van der Waals surface area contributed by atoms with Gasteiger partial charge in [-0.05, 0) is 36.2 Å². The molecular weight excluding hydrogens is 288 g/mol. The maximum atomic E-state index is 12.5. The first-order valence-corrected chi connectivity index (χ1v) is 7.64. The standard InChI is InChI=1S/C19H20N2O2/c1-21-13-11-15-4-3-5-17(18(15)21)19(22)20-12-10-14-6-8-16(23-2)9-7-14/h3-9,11,13H,10,12H2,1-2H3,(H,20,22). The van der Waals surface area contributed by atoms with E-state index in [1.807, 2.05) is 66.3 Å². The van der Waals surface area contributed by atoms with Crippen LogP contribution in [0.1, 0.15) is 15.9 Å². The van der Waals surface area contributed by atoms with E-state index in [1.165, 1.54) is 5.56 Å². The van der Waals surface area contributed by atoms with Gasteiger partial charge in [0.1, 0.15) is 5.75 Å². The second-order valence-corrected chi connectivity index (χ2v) is 5.52. The Morgan fingerprint density at radius 3 is 2.65 bits per heavy atom. The van der Waals surface area contributed by atoms with Crippen LogP contribution in [0.4, 0.5) is 0 Å². The van der Waals surface area contributed by atoms with Crippen molar-refractivity contribution in [2.75, 3.05) is 13.7 Å². The molecule has 0 aliphatic heterocycles. The van der Waals surface area contributed by atoms with Gasteiger partial charge in [-0.25, -0.2) is 0 Å². The second kappa shape index (κ2) is 6.57. The van der Waals surface area contributed by atoms with Crippen LogP contribution in [0.2, 0.25) is 0 Å². The van der Waals surface area contributed by atoms with Crippen LogP contribution in [-0.2, 0) is 13.5 Å². The van der Waals surface area contributed by atoms with Crippen LogP contribution in [0.5, 0.6) is 5.75 Å². The third kappa shape index (κ3) is 3.21. The lowest BCUT2D eigenvalue weighted by Gasteiger charge is -2.08. The summed E-state index contributed by atoms with van der Waals surface area (Å²) in [5, 5.41) is 4.08. The van der Waals surface area contributed by atoms with E-state index in [0.29, 0.717) is 12.1 Å². The summed E-state index contributed by atoms with van der Waals surface area (Å²) in [5.74, 6) is 0.805. The Hall–Kier alpha value is -2.75. The maximum Gasteiger partial charge on any atom is 0.253 e. The molecule has 4 nitrogen and oxygen atoms in total. The Kier molecular flexibility index (Phi) is 4.33. The molecule has 0 radical (unpaired) electrons. The molecule has 0 aliphatic carbocycles. The molecule has 3 aromatic rings. The van der Waals surface area contributed by atoms with Gasteiger partial charge in [0.25, 0.3) is 5.91 Å². The van der Waals surface area contributed by atoms with Crippen LogP contribution in [0.3, 0.4) is 0 Å². The second-order valence-electron chi connectivity index (χ2n) is 5.52. The molecule has 1 heterocycles. The zero-order valence-corrected chi connectivity index (χ0v) is 13.4. The lowest BCUT2D eigenvalue weighted by Crippen LogP contribution is -2.26. The van der Waals surface area contributed by atoms with Crippen LogP contribution in [0.15, 0.2) is 54.7 Å². The van der Waals surface area contributed by atoms with Gasteiger partial charge in [-0.3, -0.25) is 4.79 Å². The minimum absolute atomic E-state index is 0.0362. The quantitative estimate of drug-likeness (QED) is 0.787. The van der Waals surface area contributed by atoms with Crippen LogP contribution in [0, 0.1) is 0 Å². The lowest BCUT2D eigenvalue weighted by molar-refractivity contribution is 0.0955. The van der Waals surface area contributed by atoms with Crippen molar-refractivity contribution >= 4 is 16.8 Å². The minimum atomic E-state index is -0.0362. The van der Waals surface area contributed by atoms with Crippen molar-refractivity contribution in [3.8, 4) is 5.75 Å². The third-order valence-electron chi connectivity index (χ3n) is 4.00. The van der Waals surface area contributed by atoms with Gasteiger partial charge in [-0.2, -0.15) is 0 Å². The molecule has 0 aliphatic rings. The van der Waals surface area contributed by atoms with Crippen LogP contribution in [-0.4, -0.2) is 24.1 Å². The van der Waals surface area contributed by atoms with Crippen LogP contribution >= 0.6 is 0 Å². The molecule has 0 atom stereocenters. The summed E-state index contributed by atoms with van der Waals surface area (Å²) >= 11 is 0. The minimum Gasteiger partial charge on any atom is -0.497 e. The van der Waals surface area contributed by atoms with Gasteiger partial charge in [0.2, 0.25) is 0 Å². The van der Waals surface area contributed by atoms with Gasteiger partial charge in [0, 0.05) is 25.2 Å². The van der Waals surface area contributed by atoms with Crippen molar-refractivity contribution in [2.24, 2.45) is 7.05 Å². The van der Waals surface area contributed by atoms with Gasteiger partial charge in [0.05, 0.1) is 18.2 Å². The summed E-state index contributed by atoms with van der Waals surface area (Å²) in [7, 11) is 3.61. The van der Waals surface area contributed by atoms with E-state index in [2.05, 4.69) is 5.32 Å². The highest BCUT2D eigenvalue weighted by Gasteiger charge is 2.11. The molecule has 0 saturated heterocycles. The first-order valence-electron chi connectivity index (χ1n) is 7.64. The van der Waals surface area contributed by atoms with Crippen molar-refractivity contribution < 1.29 is 9.53 Å². The molecule has 0 unspecified atom stereocenters. The zero-order valence-electron chi connectivity index (χ0n) is 13.4. The molecule has 1 N–H and O–H groups in total. The number of benzene rings is 2. The van der Waals surface area contributed by atoms with E-state index >= 15 is 0 Å². The SMILES string of the molecule is COc1ccc(CCNC(=O)c2cccc3ccn(C)c23)cc1. The Labute approximate surface area is 135 Å². The Morgan fingerprint density at radius 1 is 1.13 bits per heavy atom. The fourth-order valence-corrected chi connectivity index (χ4v) is 2.75. The number of fused-ring (bicyclic) bond motifs is 1. The number of carbonyl (C=O) groups excluding carboxylic acids is 1. The van der Waals surface area contributed by atoms with Crippen molar-refractivity contribution in [3.05, 3.63) is 65.9 Å². The monoisotopic (exact) mass is 308 g/mol. The highest BCUT2D eigenvalue weighted by molar-refractivity contribution is 6.05. The first-order chi connectivity index (χ1) is 11.2. The number of carbonyl (C=O) groups is 1. The molecule has 0 saturated carbocycles. The summed E-state index contributed by atoms with van der Waals surface area (Å²) in [6.07, 6.45) is 2.76. The summed E-state index contributed by atoms with van der Waals surface area (Å²) in [6, 6.07) is 15.7. The highest BCUT2D eigenvalue weighted by atomic mass is 16.5. The maximum absolute atomic E-state index is 12.5. The Bertz CT molecular complexity index is 819. The summed E-state index contributed by atoms with van der Waals surface area (Å²) in [6.45, 7) is 0.603. The number of nitrogens with one attached hydrogen (secondary N) is 1. The van der Waals surface area contributed by atoms with Gasteiger partial charge in [-0.15, -0.1) is 0 Å². The number of aromatic nitrogens is 1. The molecule has 0 fully saturated rings. The first kappa shape index (κ1) is 15.2. The molecule has 2 aromatic carbocycles. The summed E-state index contributed by atoms with van der Waals surface area (Å²) in [5.41, 5.74) is 2.85. The van der Waals surface area contributed by atoms with E-state index < -0.39 is 0 Å². The molecule has 1 amide bonds. The number of hydrogen-bond donors (Lipinski definition) is 1. The predicted molar refractivity (Wildman–Crippen MR) is 92.0 cm³/mol. The van der Waals surface area contributed by atoms with E-state index in [1.54, 1.807) is 7.11 Å². The Balaban J connectivity index is 1.65. The van der Waals surface area contributed by atoms with E-state index in [0.717, 1.165) is 23.1 Å². The van der Waals surface area contributed by atoms with E-state index in [-0.39, 0.29) is 5.91 Å². The number of hydrogen-bond acceptors (Lipinski definition) is 2. The molecule has 118 valence electrons. The number of rotatable bonds is 5. The molecule has 23 heavy (non-hydrogen) atoms. The van der Waals surface area contributed by atoms with Crippen molar-refractivity contribution in [1.82, 2.24) is 9.88 Å². The third-order valence-corrected chi connectivity index (χ3v) is 4.00. The fourth-order valence-electron chi connectivity index (χ4n) is 2.75. The van der Waals surface area contributed by atoms with Gasteiger partial charge >= 0.3 is 0 Å². The van der Waals surface area contributed by atoms with Crippen molar-refractivity contribution in [2.45, 2.75) is 6.42 Å². The molecule has 4 heteroatoms. The van der Waals surface area contributed by atoms with Gasteiger partial charge in [-0.1, -0.05) is 24.3 Å². The zero-order chi connectivity index (χ0) is 16.2. The van der Waals surface area contributed by atoms with Gasteiger partial charge in [0.15, 0.2) is 0 Å². The molecular formula is C19H20N2O2. The summed E-state index contributed by atoms with van der Waals surface area (Å²) < 4.78 is 7.12. The fraction of sp³-hybridized carbons (Fsp3) is 0.211. The topological polar surface area (TPSA) is 43.3 Å². The number of ether oxygens (including phenoxy) is 1. The highest BCUT2D eigenvalue weighted by Crippen LogP contribution is 2.19. The van der Waals surface area contributed by atoms with Gasteiger partial charge < -0.3 is 14.6 Å². The number of aryl methyl sites for hydroxylation is 1. The van der Waals surface area contributed by atoms with Crippen LogP contribution < -0.4 is 10.1 Å². The van der Waals surface area contributed by atoms with E-state index in [9.17, 15) is 4.79 Å². The smallest absolute Gasteiger partial charge is 0.253 e. The predicted octanol–water partition coefficient (Wildman–Crippen LogP) is 3.16. The van der Waals surface area contributed by atoms with Crippen molar-refractivity contribution in [3.63, 3.8) is 0 Å². The number of nitrogens with zero attached hydrogens (tertiary/aromatic N) is 1. The largest absolute Gasteiger partial charge is 0.497 e. The average molecular weight is 308 g/mol. The lowest BCUT2D eigenvalue weighted by atomic mass is 10.1. The summed E-state index contributed by atoms with van der Waals surface area (Å²) in [4.78, 5) is 12.5. The Morgan fingerprint density at radius 2 is 1.91 bits per heavy atom. The molecule has 0 bridgehead atoms. The average Bonchev–Trinajstić information content (AvgIpc) is 2.97. The molecule has 0 spiro atoms. The number of para-hydroxylation sites is 1. The molecule has 3 rings (SSSR count). The number of methoxy groups -OCH3 is 1. The number of amides is 1. The normalized spacial score (nSPS) is 10.7. The van der Waals surface area contributed by atoms with E-state index in [4.69, 9.17) is 4.74 Å².